The zero-order chi connectivity index (χ0) is 12.8. The standard InChI is InChI=1S/C11H14O6/c1-16-10-4-7(11(14)15)2-3-9(10)17-6-8(13)5-12/h2-4,8,12-13H,5-6H2,1H3,(H,14,15). The highest BCUT2D eigenvalue weighted by Gasteiger charge is 2.11. The summed E-state index contributed by atoms with van der Waals surface area (Å²) in [6.07, 6.45) is -0.987. The van der Waals surface area contributed by atoms with Gasteiger partial charge in [0.05, 0.1) is 19.3 Å². The Hall–Kier alpha value is -1.79. The van der Waals surface area contributed by atoms with Crippen molar-refractivity contribution >= 4 is 5.97 Å². The van der Waals surface area contributed by atoms with Crippen molar-refractivity contribution in [2.24, 2.45) is 0 Å². The van der Waals surface area contributed by atoms with Crippen LogP contribution in [0.4, 0.5) is 0 Å². The predicted octanol–water partition coefficient (Wildman–Crippen LogP) is 0.125. The van der Waals surface area contributed by atoms with Gasteiger partial charge < -0.3 is 24.8 Å². The number of carboxylic acids is 1. The van der Waals surface area contributed by atoms with Crippen LogP contribution in [0.2, 0.25) is 0 Å². The van der Waals surface area contributed by atoms with Crippen LogP contribution < -0.4 is 9.47 Å². The van der Waals surface area contributed by atoms with Crippen LogP contribution in [0.25, 0.3) is 0 Å². The quantitative estimate of drug-likeness (QED) is 0.656. The molecule has 1 rings (SSSR count). The normalized spacial score (nSPS) is 11.9. The second-order valence-electron chi connectivity index (χ2n) is 3.32. The van der Waals surface area contributed by atoms with E-state index in [1.807, 2.05) is 0 Å². The summed E-state index contributed by atoms with van der Waals surface area (Å²) in [6, 6.07) is 4.13. The summed E-state index contributed by atoms with van der Waals surface area (Å²) in [7, 11) is 1.39. The molecule has 0 aliphatic carbocycles. The smallest absolute Gasteiger partial charge is 0.335 e. The minimum Gasteiger partial charge on any atom is -0.493 e. The van der Waals surface area contributed by atoms with Gasteiger partial charge in [-0.15, -0.1) is 0 Å². The maximum Gasteiger partial charge on any atom is 0.335 e. The van der Waals surface area contributed by atoms with E-state index in [-0.39, 0.29) is 17.9 Å². The number of hydrogen-bond donors (Lipinski definition) is 3. The van der Waals surface area contributed by atoms with Gasteiger partial charge in [0.1, 0.15) is 12.7 Å². The van der Waals surface area contributed by atoms with Crippen molar-refractivity contribution in [2.75, 3.05) is 20.3 Å². The second-order valence-corrected chi connectivity index (χ2v) is 3.32. The fraction of sp³-hybridized carbons (Fsp3) is 0.364. The Morgan fingerprint density at radius 3 is 2.65 bits per heavy atom. The number of rotatable bonds is 6. The fourth-order valence-electron chi connectivity index (χ4n) is 1.16. The van der Waals surface area contributed by atoms with E-state index in [9.17, 15) is 4.79 Å². The van der Waals surface area contributed by atoms with Gasteiger partial charge in [0.2, 0.25) is 0 Å². The highest BCUT2D eigenvalue weighted by molar-refractivity contribution is 5.88. The van der Waals surface area contributed by atoms with Gasteiger partial charge >= 0.3 is 5.97 Å². The van der Waals surface area contributed by atoms with Gasteiger partial charge in [0.15, 0.2) is 11.5 Å². The summed E-state index contributed by atoms with van der Waals surface area (Å²) in [5.74, 6) is -0.495. The van der Waals surface area contributed by atoms with Gasteiger partial charge in [0, 0.05) is 0 Å². The zero-order valence-corrected chi connectivity index (χ0v) is 9.29. The number of carbonyl (C=O) groups is 1. The van der Waals surface area contributed by atoms with Gasteiger partial charge in [-0.1, -0.05) is 0 Å². The van der Waals surface area contributed by atoms with Crippen molar-refractivity contribution in [3.05, 3.63) is 23.8 Å². The highest BCUT2D eigenvalue weighted by Crippen LogP contribution is 2.28. The molecule has 0 saturated carbocycles. The molecular formula is C11H14O6. The summed E-state index contributed by atoms with van der Waals surface area (Å²) in [5.41, 5.74) is 0.0805. The molecule has 0 radical (unpaired) electrons. The number of ether oxygens (including phenoxy) is 2. The minimum atomic E-state index is -1.06. The Balaban J connectivity index is 2.82. The van der Waals surface area contributed by atoms with Gasteiger partial charge in [-0.05, 0) is 18.2 Å². The highest BCUT2D eigenvalue weighted by atomic mass is 16.5. The largest absolute Gasteiger partial charge is 0.493 e. The van der Waals surface area contributed by atoms with Gasteiger partial charge in [-0.2, -0.15) is 0 Å². The second kappa shape index (κ2) is 6.07. The van der Waals surface area contributed by atoms with E-state index in [0.29, 0.717) is 5.75 Å². The van der Waals surface area contributed by atoms with E-state index < -0.39 is 18.7 Å². The molecule has 1 atom stereocenters. The molecule has 0 spiro atoms. The van der Waals surface area contributed by atoms with Gasteiger partial charge in [-0.25, -0.2) is 4.79 Å². The van der Waals surface area contributed by atoms with Crippen LogP contribution in [0.3, 0.4) is 0 Å². The van der Waals surface area contributed by atoms with E-state index in [2.05, 4.69) is 0 Å². The molecule has 0 aliphatic rings. The molecule has 17 heavy (non-hydrogen) atoms. The zero-order valence-electron chi connectivity index (χ0n) is 9.29. The summed E-state index contributed by atoms with van der Waals surface area (Å²) < 4.78 is 10.2. The molecular weight excluding hydrogens is 228 g/mol. The van der Waals surface area contributed by atoms with Gasteiger partial charge in [-0.3, -0.25) is 0 Å². The number of methoxy groups -OCH3 is 1. The maximum absolute atomic E-state index is 10.7. The number of aromatic carboxylic acids is 1. The first kappa shape index (κ1) is 13.3. The molecule has 1 unspecified atom stereocenters. The molecule has 0 amide bonds. The average Bonchev–Trinajstić information content (AvgIpc) is 2.35. The van der Waals surface area contributed by atoms with Crippen LogP contribution >= 0.6 is 0 Å². The molecule has 0 saturated heterocycles. The Labute approximate surface area is 98.0 Å². The third-order valence-electron chi connectivity index (χ3n) is 2.05. The Bertz CT molecular complexity index is 390. The van der Waals surface area contributed by atoms with E-state index in [1.165, 1.54) is 25.3 Å². The predicted molar refractivity (Wildman–Crippen MR) is 58.5 cm³/mol. The van der Waals surface area contributed by atoms with Crippen LogP contribution in [0, 0.1) is 0 Å². The lowest BCUT2D eigenvalue weighted by Crippen LogP contribution is -2.21. The van der Waals surface area contributed by atoms with Crippen molar-refractivity contribution in [2.45, 2.75) is 6.10 Å². The molecule has 1 aromatic carbocycles. The summed E-state index contributed by atoms with van der Waals surface area (Å²) >= 11 is 0. The summed E-state index contributed by atoms with van der Waals surface area (Å²) in [4.78, 5) is 10.7. The Morgan fingerprint density at radius 1 is 1.41 bits per heavy atom. The number of aliphatic hydroxyl groups is 2. The lowest BCUT2D eigenvalue weighted by molar-refractivity contribution is 0.0527. The van der Waals surface area contributed by atoms with E-state index in [0.717, 1.165) is 0 Å². The third-order valence-corrected chi connectivity index (χ3v) is 2.05. The molecule has 0 aliphatic heterocycles. The number of aliphatic hydroxyl groups excluding tert-OH is 2. The molecule has 6 nitrogen and oxygen atoms in total. The van der Waals surface area contributed by atoms with Crippen LogP contribution in [-0.2, 0) is 0 Å². The van der Waals surface area contributed by atoms with Crippen molar-refractivity contribution < 1.29 is 29.6 Å². The van der Waals surface area contributed by atoms with E-state index in [4.69, 9.17) is 24.8 Å². The number of benzene rings is 1. The minimum absolute atomic E-state index is 0.0805. The SMILES string of the molecule is COc1cc(C(=O)O)ccc1OCC(O)CO. The molecule has 1 aromatic rings. The van der Waals surface area contributed by atoms with Crippen LogP contribution in [0.5, 0.6) is 11.5 Å². The van der Waals surface area contributed by atoms with Crippen molar-refractivity contribution in [1.29, 1.82) is 0 Å². The average molecular weight is 242 g/mol. The van der Waals surface area contributed by atoms with Crippen molar-refractivity contribution in [1.82, 2.24) is 0 Å². The topological polar surface area (TPSA) is 96.2 Å². The molecule has 0 aromatic heterocycles. The summed E-state index contributed by atoms with van der Waals surface area (Å²) in [6.45, 7) is -0.505. The Kier molecular flexibility index (Phi) is 4.74. The molecule has 6 heteroatoms. The van der Waals surface area contributed by atoms with Crippen molar-refractivity contribution in [3.63, 3.8) is 0 Å². The monoisotopic (exact) mass is 242 g/mol. The first-order chi connectivity index (χ1) is 8.08. The van der Waals surface area contributed by atoms with Gasteiger partial charge in [0.25, 0.3) is 0 Å². The lowest BCUT2D eigenvalue weighted by Gasteiger charge is -2.13. The first-order valence-corrected chi connectivity index (χ1v) is 4.91. The molecule has 94 valence electrons. The van der Waals surface area contributed by atoms with Crippen LogP contribution in [0.15, 0.2) is 18.2 Å². The lowest BCUT2D eigenvalue weighted by atomic mass is 10.2. The Morgan fingerprint density at radius 2 is 2.12 bits per heavy atom. The van der Waals surface area contributed by atoms with Crippen LogP contribution in [-0.4, -0.2) is 47.7 Å². The molecule has 0 heterocycles. The van der Waals surface area contributed by atoms with E-state index in [1.54, 1.807) is 0 Å². The fourth-order valence-corrected chi connectivity index (χ4v) is 1.16. The number of carboxylic acid groups (broad SMARTS) is 1. The van der Waals surface area contributed by atoms with E-state index >= 15 is 0 Å². The maximum atomic E-state index is 10.7. The first-order valence-electron chi connectivity index (χ1n) is 4.91. The summed E-state index contributed by atoms with van der Waals surface area (Å²) in [5, 5.41) is 26.5. The third kappa shape index (κ3) is 3.61. The van der Waals surface area contributed by atoms with Crippen molar-refractivity contribution in [3.8, 4) is 11.5 Å². The molecule has 0 bridgehead atoms. The number of hydrogen-bond acceptors (Lipinski definition) is 5. The van der Waals surface area contributed by atoms with Crippen LogP contribution in [0.1, 0.15) is 10.4 Å². The molecule has 0 fully saturated rings. The molecule has 3 N–H and O–H groups in total.